The van der Waals surface area contributed by atoms with Crippen LogP contribution in [0.3, 0.4) is 0 Å². The van der Waals surface area contributed by atoms with Gasteiger partial charge in [0.15, 0.2) is 11.6 Å². The summed E-state index contributed by atoms with van der Waals surface area (Å²) in [7, 11) is 5.43. The van der Waals surface area contributed by atoms with Gasteiger partial charge in [-0.15, -0.1) is 0 Å². The Labute approximate surface area is 109 Å². The maximum absolute atomic E-state index is 13.7. The van der Waals surface area contributed by atoms with Crippen molar-refractivity contribution in [3.8, 4) is 5.75 Å². The first-order valence-corrected chi connectivity index (χ1v) is 6.13. The van der Waals surface area contributed by atoms with Gasteiger partial charge in [-0.2, -0.15) is 0 Å². The Bertz CT molecular complexity index is 409. The monoisotopic (exact) mass is 254 g/mol. The van der Waals surface area contributed by atoms with Gasteiger partial charge < -0.3 is 15.4 Å². The summed E-state index contributed by atoms with van der Waals surface area (Å²) >= 11 is 0. The SMILES string of the molecule is CCC(C)(C(N)c1ccc(OC)c(F)c1)N(C)C. The van der Waals surface area contributed by atoms with Crippen LogP contribution in [0, 0.1) is 5.82 Å². The predicted molar refractivity (Wildman–Crippen MR) is 72.3 cm³/mol. The molecule has 0 amide bonds. The lowest BCUT2D eigenvalue weighted by atomic mass is 9.84. The summed E-state index contributed by atoms with van der Waals surface area (Å²) in [6.07, 6.45) is 0.884. The molecule has 0 aliphatic heterocycles. The van der Waals surface area contributed by atoms with Crippen LogP contribution in [0.1, 0.15) is 31.9 Å². The molecule has 1 rings (SSSR count). The maximum atomic E-state index is 13.7. The quantitative estimate of drug-likeness (QED) is 0.877. The van der Waals surface area contributed by atoms with Gasteiger partial charge in [0.1, 0.15) is 0 Å². The second kappa shape index (κ2) is 5.67. The second-order valence-corrected chi connectivity index (χ2v) is 4.98. The van der Waals surface area contributed by atoms with E-state index in [-0.39, 0.29) is 23.1 Å². The molecule has 1 aromatic rings. The van der Waals surface area contributed by atoms with Gasteiger partial charge in [0.05, 0.1) is 7.11 Å². The minimum absolute atomic E-state index is 0.207. The van der Waals surface area contributed by atoms with Crippen LogP contribution in [0.2, 0.25) is 0 Å². The third-order valence-electron chi connectivity index (χ3n) is 3.94. The predicted octanol–water partition coefficient (Wildman–Crippen LogP) is 2.56. The third-order valence-corrected chi connectivity index (χ3v) is 3.94. The highest BCUT2D eigenvalue weighted by Gasteiger charge is 2.33. The molecule has 0 aliphatic carbocycles. The largest absolute Gasteiger partial charge is 0.494 e. The third kappa shape index (κ3) is 2.65. The molecule has 0 aliphatic rings. The smallest absolute Gasteiger partial charge is 0.165 e. The van der Waals surface area contributed by atoms with Crippen molar-refractivity contribution in [2.75, 3.05) is 21.2 Å². The van der Waals surface area contributed by atoms with Crippen molar-refractivity contribution < 1.29 is 9.13 Å². The van der Waals surface area contributed by atoms with Crippen LogP contribution in [-0.2, 0) is 0 Å². The van der Waals surface area contributed by atoms with E-state index in [1.54, 1.807) is 6.07 Å². The molecule has 0 fully saturated rings. The molecule has 0 radical (unpaired) electrons. The molecular weight excluding hydrogens is 231 g/mol. The standard InChI is InChI=1S/C14H23FN2O/c1-6-14(2,17(3)4)13(16)10-7-8-12(18-5)11(15)9-10/h7-9,13H,6,16H2,1-5H3. The summed E-state index contributed by atoms with van der Waals surface area (Å²) in [5, 5.41) is 0. The first kappa shape index (κ1) is 14.9. The van der Waals surface area contributed by atoms with E-state index in [0.717, 1.165) is 12.0 Å². The maximum Gasteiger partial charge on any atom is 0.165 e. The molecule has 1 aromatic carbocycles. The fourth-order valence-electron chi connectivity index (χ4n) is 2.05. The second-order valence-electron chi connectivity index (χ2n) is 4.98. The highest BCUT2D eigenvalue weighted by molar-refractivity contribution is 5.32. The number of methoxy groups -OCH3 is 1. The molecule has 102 valence electrons. The van der Waals surface area contributed by atoms with Gasteiger partial charge in [0.2, 0.25) is 0 Å². The first-order chi connectivity index (χ1) is 8.36. The van der Waals surface area contributed by atoms with Crippen molar-refractivity contribution in [3.63, 3.8) is 0 Å². The van der Waals surface area contributed by atoms with Crippen molar-refractivity contribution in [1.82, 2.24) is 4.90 Å². The average Bonchev–Trinajstić information content (AvgIpc) is 2.36. The lowest BCUT2D eigenvalue weighted by molar-refractivity contribution is 0.132. The summed E-state index contributed by atoms with van der Waals surface area (Å²) < 4.78 is 18.6. The van der Waals surface area contributed by atoms with E-state index in [9.17, 15) is 4.39 Å². The number of likely N-dealkylation sites (N-methyl/N-ethyl adjacent to an activating group) is 1. The highest BCUT2D eigenvalue weighted by atomic mass is 19.1. The number of hydrogen-bond acceptors (Lipinski definition) is 3. The zero-order chi connectivity index (χ0) is 13.9. The normalized spacial score (nSPS) is 16.4. The number of ether oxygens (including phenoxy) is 1. The van der Waals surface area contributed by atoms with Crippen LogP contribution in [0.15, 0.2) is 18.2 Å². The molecule has 0 bridgehead atoms. The van der Waals surface area contributed by atoms with Crippen LogP contribution in [0.25, 0.3) is 0 Å². The number of halogens is 1. The fourth-order valence-corrected chi connectivity index (χ4v) is 2.05. The Morgan fingerprint density at radius 2 is 2.06 bits per heavy atom. The minimum atomic E-state index is -0.373. The minimum Gasteiger partial charge on any atom is -0.494 e. The van der Waals surface area contributed by atoms with Crippen molar-refractivity contribution in [3.05, 3.63) is 29.6 Å². The van der Waals surface area contributed by atoms with Crippen molar-refractivity contribution in [2.45, 2.75) is 31.8 Å². The summed E-state index contributed by atoms with van der Waals surface area (Å²) in [4.78, 5) is 2.08. The molecule has 3 nitrogen and oxygen atoms in total. The number of benzene rings is 1. The first-order valence-electron chi connectivity index (χ1n) is 6.13. The van der Waals surface area contributed by atoms with Crippen LogP contribution in [0.4, 0.5) is 4.39 Å². The molecule has 2 unspecified atom stereocenters. The molecule has 0 saturated heterocycles. The van der Waals surface area contributed by atoms with E-state index >= 15 is 0 Å². The molecule has 0 aromatic heterocycles. The Hall–Kier alpha value is -1.13. The van der Waals surface area contributed by atoms with Crippen LogP contribution < -0.4 is 10.5 Å². The van der Waals surface area contributed by atoms with Crippen molar-refractivity contribution in [2.24, 2.45) is 5.73 Å². The van der Waals surface area contributed by atoms with Crippen molar-refractivity contribution >= 4 is 0 Å². The molecule has 2 N–H and O–H groups in total. The van der Waals surface area contributed by atoms with Gasteiger partial charge >= 0.3 is 0 Å². The Morgan fingerprint density at radius 1 is 1.44 bits per heavy atom. The average molecular weight is 254 g/mol. The van der Waals surface area contributed by atoms with Gasteiger partial charge in [0.25, 0.3) is 0 Å². The van der Waals surface area contributed by atoms with Crippen LogP contribution >= 0.6 is 0 Å². The summed E-state index contributed by atoms with van der Waals surface area (Å²) in [6, 6.07) is 4.65. The lowest BCUT2D eigenvalue weighted by Gasteiger charge is -2.41. The topological polar surface area (TPSA) is 38.5 Å². The van der Waals surface area contributed by atoms with E-state index in [1.807, 2.05) is 20.2 Å². The van der Waals surface area contributed by atoms with E-state index < -0.39 is 0 Å². The number of nitrogens with two attached hydrogens (primary N) is 1. The molecule has 4 heteroatoms. The summed E-state index contributed by atoms with van der Waals surface area (Å²) in [5.74, 6) is -0.128. The van der Waals surface area contributed by atoms with E-state index in [4.69, 9.17) is 10.5 Å². The summed E-state index contributed by atoms with van der Waals surface area (Å²) in [5.41, 5.74) is 6.87. The molecule has 2 atom stereocenters. The van der Waals surface area contributed by atoms with Crippen molar-refractivity contribution in [1.29, 1.82) is 0 Å². The zero-order valence-corrected chi connectivity index (χ0v) is 11.8. The van der Waals surface area contributed by atoms with E-state index in [0.29, 0.717) is 0 Å². The molecule has 0 saturated carbocycles. The van der Waals surface area contributed by atoms with Gasteiger partial charge in [-0.3, -0.25) is 0 Å². The van der Waals surface area contributed by atoms with E-state index in [1.165, 1.54) is 13.2 Å². The van der Waals surface area contributed by atoms with Gasteiger partial charge in [0, 0.05) is 11.6 Å². The number of rotatable bonds is 5. The number of nitrogens with zero attached hydrogens (tertiary/aromatic N) is 1. The highest BCUT2D eigenvalue weighted by Crippen LogP contribution is 2.32. The molecular formula is C14H23FN2O. The Kier molecular flexibility index (Phi) is 4.71. The van der Waals surface area contributed by atoms with Gasteiger partial charge in [-0.1, -0.05) is 13.0 Å². The van der Waals surface area contributed by atoms with E-state index in [2.05, 4.69) is 18.7 Å². The zero-order valence-electron chi connectivity index (χ0n) is 11.8. The van der Waals surface area contributed by atoms with Gasteiger partial charge in [-0.05, 0) is 45.1 Å². The van der Waals surface area contributed by atoms with Gasteiger partial charge in [-0.25, -0.2) is 4.39 Å². The molecule has 18 heavy (non-hydrogen) atoms. The molecule has 0 heterocycles. The molecule has 0 spiro atoms. The Balaban J connectivity index is 3.10. The number of hydrogen-bond donors (Lipinski definition) is 1. The van der Waals surface area contributed by atoms with Crippen LogP contribution in [-0.4, -0.2) is 31.6 Å². The summed E-state index contributed by atoms with van der Waals surface area (Å²) in [6.45, 7) is 4.17. The Morgan fingerprint density at radius 3 is 2.44 bits per heavy atom. The fraction of sp³-hybridized carbons (Fsp3) is 0.571. The lowest BCUT2D eigenvalue weighted by Crippen LogP contribution is -2.49. The van der Waals surface area contributed by atoms with Crippen LogP contribution in [0.5, 0.6) is 5.75 Å².